The van der Waals surface area contributed by atoms with E-state index in [2.05, 4.69) is 4.72 Å². The summed E-state index contributed by atoms with van der Waals surface area (Å²) >= 11 is 0. The van der Waals surface area contributed by atoms with Gasteiger partial charge in [-0.05, 0) is 43.9 Å². The molecule has 0 amide bonds. The van der Waals surface area contributed by atoms with Gasteiger partial charge in [0.15, 0.2) is 0 Å². The second kappa shape index (κ2) is 5.71. The van der Waals surface area contributed by atoms with E-state index in [0.717, 1.165) is 25.7 Å². The zero-order valence-corrected chi connectivity index (χ0v) is 12.7. The summed E-state index contributed by atoms with van der Waals surface area (Å²) in [6.45, 7) is 1.74. The molecule has 0 unspecified atom stereocenters. The normalized spacial score (nSPS) is 17.6. The number of aliphatic hydroxyl groups excluding tert-OH is 1. The number of methoxy groups -OCH3 is 1. The van der Waals surface area contributed by atoms with Gasteiger partial charge in [-0.25, -0.2) is 13.1 Å². The number of nitrogens with one attached hydrogen (secondary N) is 1. The maximum Gasteiger partial charge on any atom is 0.241 e. The summed E-state index contributed by atoms with van der Waals surface area (Å²) in [6.07, 6.45) is 3.60. The zero-order chi connectivity index (χ0) is 14.8. The smallest absolute Gasteiger partial charge is 0.241 e. The van der Waals surface area contributed by atoms with Crippen molar-refractivity contribution < 1.29 is 18.3 Å². The van der Waals surface area contributed by atoms with Crippen molar-refractivity contribution in [2.24, 2.45) is 0 Å². The molecule has 20 heavy (non-hydrogen) atoms. The zero-order valence-electron chi connectivity index (χ0n) is 11.8. The number of benzene rings is 1. The van der Waals surface area contributed by atoms with Gasteiger partial charge in [0.25, 0.3) is 0 Å². The topological polar surface area (TPSA) is 75.6 Å². The molecule has 0 heterocycles. The first kappa shape index (κ1) is 15.3. The lowest BCUT2D eigenvalue weighted by Gasteiger charge is -2.41. The fourth-order valence-electron chi connectivity index (χ4n) is 2.52. The molecular weight excluding hydrogens is 278 g/mol. The Morgan fingerprint density at radius 3 is 2.55 bits per heavy atom. The summed E-state index contributed by atoms with van der Waals surface area (Å²) in [7, 11) is -2.08. The first-order valence-electron chi connectivity index (χ1n) is 6.78. The van der Waals surface area contributed by atoms with Crippen molar-refractivity contribution in [3.63, 3.8) is 0 Å². The monoisotopic (exact) mass is 299 g/mol. The van der Waals surface area contributed by atoms with Crippen LogP contribution >= 0.6 is 0 Å². The molecule has 1 aliphatic rings. The van der Waals surface area contributed by atoms with Crippen molar-refractivity contribution in [2.45, 2.75) is 49.6 Å². The van der Waals surface area contributed by atoms with E-state index in [-0.39, 0.29) is 17.0 Å². The molecule has 0 bridgehead atoms. The third-order valence-electron chi connectivity index (χ3n) is 4.07. The third-order valence-corrected chi connectivity index (χ3v) is 5.65. The van der Waals surface area contributed by atoms with Gasteiger partial charge < -0.3 is 9.84 Å². The number of hydrogen-bond donors (Lipinski definition) is 2. The molecule has 1 fully saturated rings. The van der Waals surface area contributed by atoms with Gasteiger partial charge in [0, 0.05) is 11.1 Å². The van der Waals surface area contributed by atoms with Crippen LogP contribution in [-0.2, 0) is 16.6 Å². The van der Waals surface area contributed by atoms with Crippen LogP contribution in [-0.4, -0.2) is 26.2 Å². The second-order valence-corrected chi connectivity index (χ2v) is 6.91. The highest BCUT2D eigenvalue weighted by Crippen LogP contribution is 2.36. The molecule has 1 aliphatic carbocycles. The molecule has 0 atom stereocenters. The van der Waals surface area contributed by atoms with Crippen LogP contribution in [0.5, 0.6) is 5.75 Å². The van der Waals surface area contributed by atoms with Crippen LogP contribution in [0.1, 0.15) is 38.2 Å². The van der Waals surface area contributed by atoms with Crippen LogP contribution in [0.15, 0.2) is 23.1 Å². The number of sulfonamides is 1. The highest BCUT2D eigenvalue weighted by molar-refractivity contribution is 7.89. The standard InChI is InChI=1S/C14H21NO4S/c1-3-14(7-4-8-14)15-20(17,18)12-5-6-13(19-2)11(9-12)10-16/h5-6,9,15-16H,3-4,7-8,10H2,1-2H3. The Bertz CT molecular complexity index is 573. The van der Waals surface area contributed by atoms with Crippen molar-refractivity contribution in [2.75, 3.05) is 7.11 Å². The maximum atomic E-state index is 12.4. The molecule has 5 nitrogen and oxygen atoms in total. The Labute approximate surface area is 120 Å². The van der Waals surface area contributed by atoms with Gasteiger partial charge in [0.2, 0.25) is 10.0 Å². The fraction of sp³-hybridized carbons (Fsp3) is 0.571. The van der Waals surface area contributed by atoms with E-state index in [1.54, 1.807) is 6.07 Å². The highest BCUT2D eigenvalue weighted by atomic mass is 32.2. The molecule has 0 radical (unpaired) electrons. The van der Waals surface area contributed by atoms with Crippen LogP contribution in [0.2, 0.25) is 0 Å². The predicted molar refractivity (Wildman–Crippen MR) is 76.1 cm³/mol. The number of rotatable bonds is 6. The lowest BCUT2D eigenvalue weighted by molar-refractivity contribution is 0.214. The van der Waals surface area contributed by atoms with E-state index in [1.807, 2.05) is 6.92 Å². The Morgan fingerprint density at radius 2 is 2.10 bits per heavy atom. The molecule has 2 N–H and O–H groups in total. The summed E-state index contributed by atoms with van der Waals surface area (Å²) < 4.78 is 32.8. The van der Waals surface area contributed by atoms with Gasteiger partial charge in [-0.15, -0.1) is 0 Å². The lowest BCUT2D eigenvalue weighted by Crippen LogP contribution is -2.52. The molecule has 1 saturated carbocycles. The van der Waals surface area contributed by atoms with Crippen molar-refractivity contribution in [3.05, 3.63) is 23.8 Å². The summed E-state index contributed by atoms with van der Waals surface area (Å²) in [5, 5.41) is 9.28. The minimum atomic E-state index is -3.57. The summed E-state index contributed by atoms with van der Waals surface area (Å²) in [6, 6.07) is 4.53. The van der Waals surface area contributed by atoms with Crippen molar-refractivity contribution in [1.29, 1.82) is 0 Å². The van der Waals surface area contributed by atoms with E-state index in [9.17, 15) is 13.5 Å². The largest absolute Gasteiger partial charge is 0.496 e. The summed E-state index contributed by atoms with van der Waals surface area (Å²) in [4.78, 5) is 0.169. The molecule has 1 aromatic rings. The molecule has 0 aromatic heterocycles. The van der Waals surface area contributed by atoms with E-state index >= 15 is 0 Å². The quantitative estimate of drug-likeness (QED) is 0.840. The van der Waals surface area contributed by atoms with E-state index < -0.39 is 10.0 Å². The maximum absolute atomic E-state index is 12.4. The van der Waals surface area contributed by atoms with Crippen LogP contribution in [0, 0.1) is 0 Å². The average molecular weight is 299 g/mol. The molecule has 112 valence electrons. The molecule has 6 heteroatoms. The first-order valence-corrected chi connectivity index (χ1v) is 8.26. The van der Waals surface area contributed by atoms with Crippen LogP contribution < -0.4 is 9.46 Å². The van der Waals surface area contributed by atoms with Crippen molar-refractivity contribution in [3.8, 4) is 5.75 Å². The Balaban J connectivity index is 2.30. The van der Waals surface area contributed by atoms with Gasteiger partial charge in [-0.1, -0.05) is 6.92 Å². The molecule has 0 aliphatic heterocycles. The van der Waals surface area contributed by atoms with Crippen LogP contribution in [0.25, 0.3) is 0 Å². The third kappa shape index (κ3) is 2.82. The first-order chi connectivity index (χ1) is 9.46. The SMILES string of the molecule is CCC1(NS(=O)(=O)c2ccc(OC)c(CO)c2)CCC1. The van der Waals surface area contributed by atoms with Gasteiger partial charge in [0.1, 0.15) is 5.75 Å². The lowest BCUT2D eigenvalue weighted by atomic mass is 9.76. The Kier molecular flexibility index (Phi) is 4.36. The molecule has 0 spiro atoms. The van der Waals surface area contributed by atoms with Crippen LogP contribution in [0.3, 0.4) is 0 Å². The number of hydrogen-bond acceptors (Lipinski definition) is 4. The molecule has 0 saturated heterocycles. The average Bonchev–Trinajstić information content (AvgIpc) is 2.42. The number of aliphatic hydroxyl groups is 1. The second-order valence-electron chi connectivity index (χ2n) is 5.22. The van der Waals surface area contributed by atoms with Gasteiger partial charge in [-0.2, -0.15) is 0 Å². The highest BCUT2D eigenvalue weighted by Gasteiger charge is 2.39. The Hall–Kier alpha value is -1.11. The number of ether oxygens (including phenoxy) is 1. The summed E-state index contributed by atoms with van der Waals surface area (Å²) in [5.74, 6) is 0.486. The van der Waals surface area contributed by atoms with E-state index in [4.69, 9.17) is 4.74 Å². The molecule has 2 rings (SSSR count). The summed E-state index contributed by atoms with van der Waals surface area (Å²) in [5.41, 5.74) is 0.174. The van der Waals surface area contributed by atoms with E-state index in [1.165, 1.54) is 19.2 Å². The van der Waals surface area contributed by atoms with Crippen molar-refractivity contribution in [1.82, 2.24) is 4.72 Å². The van der Waals surface area contributed by atoms with Crippen LogP contribution in [0.4, 0.5) is 0 Å². The fourth-order valence-corrected chi connectivity index (χ4v) is 4.10. The predicted octanol–water partition coefficient (Wildman–Crippen LogP) is 1.80. The van der Waals surface area contributed by atoms with Gasteiger partial charge >= 0.3 is 0 Å². The van der Waals surface area contributed by atoms with Gasteiger partial charge in [-0.3, -0.25) is 0 Å². The minimum Gasteiger partial charge on any atom is -0.496 e. The minimum absolute atomic E-state index is 0.169. The molecule has 1 aromatic carbocycles. The molecular formula is C14H21NO4S. The Morgan fingerprint density at radius 1 is 1.40 bits per heavy atom. The van der Waals surface area contributed by atoms with Crippen molar-refractivity contribution >= 4 is 10.0 Å². The van der Waals surface area contributed by atoms with Gasteiger partial charge in [0.05, 0.1) is 18.6 Å². The van der Waals surface area contributed by atoms with E-state index in [0.29, 0.717) is 11.3 Å².